The molecule has 2 aromatic heterocycles. The number of pyridine rings is 1. The molecule has 0 spiro atoms. The zero-order valence-corrected chi connectivity index (χ0v) is 38.8. The van der Waals surface area contributed by atoms with E-state index in [4.69, 9.17) is 4.98 Å². The first-order chi connectivity index (χ1) is 34.6. The number of para-hydroxylation sites is 1. The van der Waals surface area contributed by atoms with Crippen molar-refractivity contribution in [3.8, 4) is 72.6 Å². The van der Waals surface area contributed by atoms with E-state index >= 15 is 0 Å². The molecule has 2 heterocycles. The Bertz CT molecular complexity index is 4160. The van der Waals surface area contributed by atoms with Crippen LogP contribution in [0.25, 0.3) is 133 Å². The molecule has 328 valence electrons. The molecule has 0 saturated heterocycles. The second-order valence-electron chi connectivity index (χ2n) is 18.4. The summed E-state index contributed by atoms with van der Waals surface area (Å²) in [6.07, 6.45) is 3.91. The summed E-state index contributed by atoms with van der Waals surface area (Å²) in [4.78, 5) is 4.99. The number of aromatic nitrogens is 2. The molecule has 13 rings (SSSR count). The fraction of sp³-hybridized carbons (Fsp3) is 0.0147. The molecule has 0 aliphatic heterocycles. The minimum absolute atomic E-state index is 0.877. The Labute approximate surface area is 407 Å². The van der Waals surface area contributed by atoms with Crippen LogP contribution in [-0.2, 0) is 0 Å². The van der Waals surface area contributed by atoms with Gasteiger partial charge in [-0.25, -0.2) is 4.98 Å². The van der Waals surface area contributed by atoms with E-state index < -0.39 is 0 Å². The quantitative estimate of drug-likeness (QED) is 0.139. The van der Waals surface area contributed by atoms with Gasteiger partial charge in [0, 0.05) is 17.1 Å². The predicted molar refractivity (Wildman–Crippen MR) is 299 cm³/mol. The maximum absolute atomic E-state index is 4.99. The van der Waals surface area contributed by atoms with Crippen molar-refractivity contribution in [2.45, 2.75) is 6.92 Å². The minimum atomic E-state index is 0.877. The van der Waals surface area contributed by atoms with Crippen molar-refractivity contribution in [2.24, 2.45) is 0 Å². The van der Waals surface area contributed by atoms with Crippen LogP contribution in [0, 0.1) is 6.92 Å². The number of aryl methyl sites for hydroxylation is 1. The van der Waals surface area contributed by atoms with Crippen molar-refractivity contribution in [2.75, 3.05) is 0 Å². The molecule has 0 aliphatic carbocycles. The fourth-order valence-corrected chi connectivity index (χ4v) is 10.8. The van der Waals surface area contributed by atoms with Crippen LogP contribution >= 0.6 is 0 Å². The van der Waals surface area contributed by atoms with E-state index in [1.807, 2.05) is 12.3 Å². The van der Waals surface area contributed by atoms with Gasteiger partial charge in [0.25, 0.3) is 0 Å². The van der Waals surface area contributed by atoms with E-state index in [-0.39, 0.29) is 0 Å². The van der Waals surface area contributed by atoms with Gasteiger partial charge < -0.3 is 0 Å². The topological polar surface area (TPSA) is 17.8 Å². The Morgan fingerprint density at radius 2 is 0.743 bits per heavy atom. The van der Waals surface area contributed by atoms with E-state index in [1.54, 1.807) is 0 Å². The highest BCUT2D eigenvalue weighted by Crippen LogP contribution is 2.46. The predicted octanol–water partition coefficient (Wildman–Crippen LogP) is 18.6. The van der Waals surface area contributed by atoms with Crippen LogP contribution in [0.1, 0.15) is 11.3 Å². The van der Waals surface area contributed by atoms with E-state index in [0.717, 1.165) is 33.7 Å². The van der Waals surface area contributed by atoms with Gasteiger partial charge in [0.15, 0.2) is 0 Å². The zero-order valence-electron chi connectivity index (χ0n) is 38.8. The molecule has 0 unspecified atom stereocenters. The Morgan fingerprint density at radius 1 is 0.343 bits per heavy atom. The van der Waals surface area contributed by atoms with Gasteiger partial charge in [-0.05, 0) is 159 Å². The monoisotopic (exact) mass is 890 g/mol. The standard InChI is InChI=1S/C68H46N2/c1-3-64-44(2)59-16-10-11-19-65(59)70(64)66-39-37-58(43-69-66)50-22-20-49(21-23-50)57-36-38-62-63(42-57)68(52-32-26-48(27-33-52)56-35-29-46-13-5-7-15-54(46)41-56)61-18-9-8-17-60(61)67(62)51-30-24-47(25-31-51)55-34-28-45-12-4-6-14-53(45)40-55/h3-43H,1H2,2H3. The third-order valence-electron chi connectivity index (χ3n) is 14.4. The van der Waals surface area contributed by atoms with Gasteiger partial charge in [-0.3, -0.25) is 4.57 Å². The maximum Gasteiger partial charge on any atom is 0.137 e. The van der Waals surface area contributed by atoms with Crippen LogP contribution in [-0.4, -0.2) is 9.55 Å². The summed E-state index contributed by atoms with van der Waals surface area (Å²) < 4.78 is 2.20. The van der Waals surface area contributed by atoms with Crippen LogP contribution in [0.2, 0.25) is 0 Å². The number of hydrogen-bond acceptors (Lipinski definition) is 1. The summed E-state index contributed by atoms with van der Waals surface area (Å²) in [7, 11) is 0. The zero-order chi connectivity index (χ0) is 46.7. The Kier molecular flexibility index (Phi) is 9.92. The second-order valence-corrected chi connectivity index (χ2v) is 18.4. The molecule has 0 bridgehead atoms. The molecule has 0 N–H and O–H groups in total. The number of benzene rings is 11. The largest absolute Gasteiger partial charge is 0.294 e. The Balaban J connectivity index is 0.913. The van der Waals surface area contributed by atoms with Crippen LogP contribution in [0.5, 0.6) is 0 Å². The summed E-state index contributed by atoms with van der Waals surface area (Å²) in [5.41, 5.74) is 17.6. The van der Waals surface area contributed by atoms with E-state index in [2.05, 4.69) is 255 Å². The first kappa shape index (κ1) is 41.1. The van der Waals surface area contributed by atoms with Crippen molar-refractivity contribution in [3.63, 3.8) is 0 Å². The van der Waals surface area contributed by atoms with Crippen molar-refractivity contribution >= 4 is 60.1 Å². The van der Waals surface area contributed by atoms with Crippen LogP contribution in [0.4, 0.5) is 0 Å². The van der Waals surface area contributed by atoms with Gasteiger partial charge in [-0.1, -0.05) is 207 Å². The molecule has 0 fully saturated rings. The van der Waals surface area contributed by atoms with Gasteiger partial charge in [0.05, 0.1) is 11.2 Å². The molecular formula is C68H46N2. The van der Waals surface area contributed by atoms with E-state index in [0.29, 0.717) is 0 Å². The van der Waals surface area contributed by atoms with E-state index in [9.17, 15) is 0 Å². The SMILES string of the molecule is C=Cc1c(C)c2ccccc2n1-c1ccc(-c2ccc(-c3ccc4c(-c5ccc(-c6ccc7ccccc7c6)cc5)c5ccccc5c(-c5ccc(-c6ccc7ccccc7c6)cc5)c4c3)cc2)cn1. The number of hydrogen-bond donors (Lipinski definition) is 0. The molecule has 70 heavy (non-hydrogen) atoms. The van der Waals surface area contributed by atoms with Crippen LogP contribution in [0.15, 0.2) is 249 Å². The molecule has 0 saturated carbocycles. The molecule has 2 heteroatoms. The van der Waals surface area contributed by atoms with Crippen LogP contribution < -0.4 is 0 Å². The lowest BCUT2D eigenvalue weighted by molar-refractivity contribution is 1.03. The minimum Gasteiger partial charge on any atom is -0.294 e. The van der Waals surface area contributed by atoms with Crippen molar-refractivity contribution < 1.29 is 0 Å². The highest BCUT2D eigenvalue weighted by atomic mass is 15.1. The summed E-state index contributed by atoms with van der Waals surface area (Å²) in [6.45, 7) is 6.28. The molecule has 0 atom stereocenters. The normalized spacial score (nSPS) is 11.6. The first-order valence-corrected chi connectivity index (χ1v) is 24.0. The molecule has 0 amide bonds. The summed E-state index contributed by atoms with van der Waals surface area (Å²) in [6, 6.07) is 86.7. The van der Waals surface area contributed by atoms with Crippen molar-refractivity contribution in [1.82, 2.24) is 9.55 Å². The van der Waals surface area contributed by atoms with Crippen molar-refractivity contribution in [1.29, 1.82) is 0 Å². The number of nitrogens with zero attached hydrogens (tertiary/aromatic N) is 2. The summed E-state index contributed by atoms with van der Waals surface area (Å²) >= 11 is 0. The van der Waals surface area contributed by atoms with E-state index in [1.165, 1.54) is 104 Å². The fourth-order valence-electron chi connectivity index (χ4n) is 10.8. The van der Waals surface area contributed by atoms with Gasteiger partial charge in [-0.15, -0.1) is 0 Å². The molecule has 2 nitrogen and oxygen atoms in total. The molecule has 0 aliphatic rings. The summed E-state index contributed by atoms with van der Waals surface area (Å²) in [5.74, 6) is 0.877. The highest BCUT2D eigenvalue weighted by Gasteiger charge is 2.19. The maximum atomic E-state index is 4.99. The summed E-state index contributed by atoms with van der Waals surface area (Å²) in [5, 5.41) is 11.1. The first-order valence-electron chi connectivity index (χ1n) is 24.0. The Hall–Kier alpha value is -9.11. The average molecular weight is 891 g/mol. The van der Waals surface area contributed by atoms with Crippen LogP contribution in [0.3, 0.4) is 0 Å². The van der Waals surface area contributed by atoms with Gasteiger partial charge >= 0.3 is 0 Å². The molecule has 11 aromatic carbocycles. The average Bonchev–Trinajstić information content (AvgIpc) is 3.72. The van der Waals surface area contributed by atoms with Crippen molar-refractivity contribution in [3.05, 3.63) is 261 Å². The second kappa shape index (κ2) is 16.9. The highest BCUT2D eigenvalue weighted by molar-refractivity contribution is 6.22. The number of rotatable bonds is 8. The molecular weight excluding hydrogens is 845 g/mol. The number of fused-ring (bicyclic) bond motifs is 5. The molecule has 0 radical (unpaired) electrons. The van der Waals surface area contributed by atoms with Gasteiger partial charge in [0.1, 0.15) is 5.82 Å². The van der Waals surface area contributed by atoms with Gasteiger partial charge in [-0.2, -0.15) is 0 Å². The Morgan fingerprint density at radius 3 is 1.27 bits per heavy atom. The lowest BCUT2D eigenvalue weighted by Crippen LogP contribution is -1.99. The molecule has 13 aromatic rings. The third kappa shape index (κ3) is 7.00. The van der Waals surface area contributed by atoms with Gasteiger partial charge in [0.2, 0.25) is 0 Å². The lowest BCUT2D eigenvalue weighted by Gasteiger charge is -2.19. The third-order valence-corrected chi connectivity index (χ3v) is 14.4. The smallest absolute Gasteiger partial charge is 0.137 e. The lowest BCUT2D eigenvalue weighted by atomic mass is 9.84.